The molecule has 1 aromatic rings. The fraction of sp³-hybridized carbons (Fsp3) is 0.364. The van der Waals surface area contributed by atoms with Crippen LogP contribution in [0.25, 0.3) is 0 Å². The van der Waals surface area contributed by atoms with Crippen molar-refractivity contribution in [1.82, 2.24) is 0 Å². The Morgan fingerprint density at radius 2 is 1.65 bits per heavy atom. The fourth-order valence-electron chi connectivity index (χ4n) is 1.46. The van der Waals surface area contributed by atoms with Crippen LogP contribution in [0.15, 0.2) is 22.7 Å². The van der Waals surface area contributed by atoms with E-state index in [-0.39, 0.29) is 5.69 Å². The molecule has 0 heterocycles. The second kappa shape index (κ2) is 5.63. The second-order valence-corrected chi connectivity index (χ2v) is 4.88. The standard InChI is InChI=1S/C11H8BrF6NO/c1-5-4-6(12)2-3-7(5)19-9(20)8(10(13,14)15)11(16,17)18/h2-4,8H,1H3,(H,19,20). The van der Waals surface area contributed by atoms with E-state index in [4.69, 9.17) is 0 Å². The van der Waals surface area contributed by atoms with E-state index >= 15 is 0 Å². The summed E-state index contributed by atoms with van der Waals surface area (Å²) in [6.45, 7) is 1.44. The van der Waals surface area contributed by atoms with Crippen LogP contribution in [0.4, 0.5) is 32.0 Å². The molecular weight excluding hydrogens is 356 g/mol. The van der Waals surface area contributed by atoms with Gasteiger partial charge in [0.25, 0.3) is 0 Å². The van der Waals surface area contributed by atoms with Crippen molar-refractivity contribution in [2.75, 3.05) is 5.32 Å². The molecule has 0 saturated heterocycles. The molecule has 0 aromatic heterocycles. The van der Waals surface area contributed by atoms with Gasteiger partial charge in [-0.1, -0.05) is 15.9 Å². The Morgan fingerprint density at radius 3 is 2.05 bits per heavy atom. The third kappa shape index (κ3) is 4.12. The molecule has 0 saturated carbocycles. The predicted molar refractivity (Wildman–Crippen MR) is 63.1 cm³/mol. The van der Waals surface area contributed by atoms with Crippen molar-refractivity contribution in [3.63, 3.8) is 0 Å². The number of hydrogen-bond donors (Lipinski definition) is 1. The lowest BCUT2D eigenvalue weighted by Gasteiger charge is -2.22. The van der Waals surface area contributed by atoms with Gasteiger partial charge in [-0.05, 0) is 30.7 Å². The highest BCUT2D eigenvalue weighted by atomic mass is 79.9. The summed E-state index contributed by atoms with van der Waals surface area (Å²) in [4.78, 5) is 11.3. The monoisotopic (exact) mass is 363 g/mol. The maximum Gasteiger partial charge on any atom is 0.409 e. The number of benzene rings is 1. The number of halogens is 7. The second-order valence-electron chi connectivity index (χ2n) is 3.96. The maximum atomic E-state index is 12.3. The lowest BCUT2D eigenvalue weighted by molar-refractivity contribution is -0.272. The Labute approximate surface area is 118 Å². The molecule has 0 radical (unpaired) electrons. The zero-order valence-corrected chi connectivity index (χ0v) is 11.4. The van der Waals surface area contributed by atoms with Crippen molar-refractivity contribution in [3.05, 3.63) is 28.2 Å². The molecule has 1 amide bonds. The first-order chi connectivity index (χ1) is 8.93. The molecule has 1 N–H and O–H groups in total. The van der Waals surface area contributed by atoms with Gasteiger partial charge in [0.1, 0.15) is 0 Å². The summed E-state index contributed by atoms with van der Waals surface area (Å²) >= 11 is 3.08. The molecule has 1 aromatic carbocycles. The average Bonchev–Trinajstić information content (AvgIpc) is 2.17. The molecule has 0 bridgehead atoms. The number of rotatable bonds is 2. The molecule has 0 fully saturated rings. The molecule has 9 heteroatoms. The lowest BCUT2D eigenvalue weighted by atomic mass is 10.1. The molecule has 112 valence electrons. The van der Waals surface area contributed by atoms with Crippen LogP contribution in [0, 0.1) is 12.8 Å². The summed E-state index contributed by atoms with van der Waals surface area (Å²) in [6, 6.07) is 4.05. The molecule has 0 unspecified atom stereocenters. The summed E-state index contributed by atoms with van der Waals surface area (Å²) in [5.41, 5.74) is 0.215. The minimum Gasteiger partial charge on any atom is -0.325 e. The minimum absolute atomic E-state index is 0.114. The van der Waals surface area contributed by atoms with Crippen molar-refractivity contribution >= 4 is 27.5 Å². The Morgan fingerprint density at radius 1 is 1.15 bits per heavy atom. The quantitative estimate of drug-likeness (QED) is 0.773. The van der Waals surface area contributed by atoms with Crippen molar-refractivity contribution < 1.29 is 31.1 Å². The highest BCUT2D eigenvalue weighted by Gasteiger charge is 2.61. The summed E-state index contributed by atoms with van der Waals surface area (Å²) in [5, 5.41) is 1.65. The van der Waals surface area contributed by atoms with Gasteiger partial charge in [-0.25, -0.2) is 0 Å². The Kier molecular flexibility index (Phi) is 4.73. The first-order valence-electron chi connectivity index (χ1n) is 5.13. The van der Waals surface area contributed by atoms with Gasteiger partial charge in [-0.3, -0.25) is 4.79 Å². The molecule has 2 nitrogen and oxygen atoms in total. The number of nitrogens with one attached hydrogen (secondary N) is 1. The topological polar surface area (TPSA) is 29.1 Å². The molecule has 0 aliphatic rings. The third-order valence-corrected chi connectivity index (χ3v) is 2.86. The average molecular weight is 364 g/mol. The Balaban J connectivity index is 3.04. The number of aryl methyl sites for hydroxylation is 1. The first kappa shape index (κ1) is 16.8. The molecule has 0 atom stereocenters. The predicted octanol–water partition coefficient (Wildman–Crippen LogP) is 4.44. The SMILES string of the molecule is Cc1cc(Br)ccc1NC(=O)C(C(F)(F)F)C(F)(F)F. The molecule has 0 spiro atoms. The van der Waals surface area contributed by atoms with Crippen LogP contribution in [-0.2, 0) is 4.79 Å². The normalized spacial score (nSPS) is 12.7. The number of anilines is 1. The molecule has 0 aliphatic heterocycles. The zero-order valence-electron chi connectivity index (χ0n) is 9.86. The lowest BCUT2D eigenvalue weighted by Crippen LogP contribution is -2.45. The van der Waals surface area contributed by atoms with Crippen LogP contribution < -0.4 is 5.32 Å². The Bertz CT molecular complexity index is 497. The van der Waals surface area contributed by atoms with Crippen LogP contribution in [0.3, 0.4) is 0 Å². The van der Waals surface area contributed by atoms with Crippen LogP contribution in [-0.4, -0.2) is 18.3 Å². The molecule has 1 rings (SSSR count). The van der Waals surface area contributed by atoms with Gasteiger partial charge in [0.2, 0.25) is 11.8 Å². The summed E-state index contributed by atoms with van der Waals surface area (Å²) in [6.07, 6.45) is -11.4. The third-order valence-electron chi connectivity index (χ3n) is 2.36. The van der Waals surface area contributed by atoms with Crippen molar-refractivity contribution in [2.24, 2.45) is 5.92 Å². The Hall–Kier alpha value is -1.25. The van der Waals surface area contributed by atoms with E-state index in [1.165, 1.54) is 25.1 Å². The number of carbonyl (C=O) groups excluding carboxylic acids is 1. The summed E-state index contributed by atoms with van der Waals surface area (Å²) in [5.74, 6) is -6.21. The van der Waals surface area contributed by atoms with Gasteiger partial charge in [-0.2, -0.15) is 26.3 Å². The van der Waals surface area contributed by atoms with Gasteiger partial charge in [0.05, 0.1) is 0 Å². The van der Waals surface area contributed by atoms with Gasteiger partial charge in [0.15, 0.2) is 0 Å². The summed E-state index contributed by atoms with van der Waals surface area (Å²) in [7, 11) is 0. The van der Waals surface area contributed by atoms with Crippen LogP contribution in [0.2, 0.25) is 0 Å². The van der Waals surface area contributed by atoms with E-state index in [2.05, 4.69) is 15.9 Å². The largest absolute Gasteiger partial charge is 0.409 e. The van der Waals surface area contributed by atoms with Crippen LogP contribution in [0.1, 0.15) is 5.56 Å². The molecule has 0 aliphatic carbocycles. The first-order valence-corrected chi connectivity index (χ1v) is 5.92. The van der Waals surface area contributed by atoms with E-state index < -0.39 is 24.2 Å². The maximum absolute atomic E-state index is 12.3. The van der Waals surface area contributed by atoms with Crippen molar-refractivity contribution in [1.29, 1.82) is 0 Å². The van der Waals surface area contributed by atoms with E-state index in [1.54, 1.807) is 5.32 Å². The van der Waals surface area contributed by atoms with Crippen molar-refractivity contribution in [2.45, 2.75) is 19.3 Å². The van der Waals surface area contributed by atoms with Gasteiger partial charge in [0, 0.05) is 10.2 Å². The molecule has 20 heavy (non-hydrogen) atoms. The number of alkyl halides is 6. The van der Waals surface area contributed by atoms with Gasteiger partial charge in [-0.15, -0.1) is 0 Å². The van der Waals surface area contributed by atoms with E-state index in [0.717, 1.165) is 0 Å². The highest BCUT2D eigenvalue weighted by molar-refractivity contribution is 9.10. The van der Waals surface area contributed by atoms with E-state index in [1.807, 2.05) is 0 Å². The number of hydrogen-bond acceptors (Lipinski definition) is 1. The van der Waals surface area contributed by atoms with Crippen LogP contribution >= 0.6 is 15.9 Å². The highest BCUT2D eigenvalue weighted by Crippen LogP contribution is 2.40. The fourth-order valence-corrected chi connectivity index (χ4v) is 1.93. The smallest absolute Gasteiger partial charge is 0.325 e. The van der Waals surface area contributed by atoms with Crippen LogP contribution in [0.5, 0.6) is 0 Å². The number of carbonyl (C=O) groups is 1. The number of amides is 1. The van der Waals surface area contributed by atoms with Gasteiger partial charge >= 0.3 is 12.4 Å². The van der Waals surface area contributed by atoms with E-state index in [0.29, 0.717) is 10.0 Å². The summed E-state index contributed by atoms with van der Waals surface area (Å²) < 4.78 is 74.7. The zero-order chi connectivity index (χ0) is 15.7. The molecular formula is C11H8BrF6NO. The van der Waals surface area contributed by atoms with E-state index in [9.17, 15) is 31.1 Å². The minimum atomic E-state index is -5.70. The van der Waals surface area contributed by atoms with Gasteiger partial charge < -0.3 is 5.32 Å². The van der Waals surface area contributed by atoms with Crippen molar-refractivity contribution in [3.8, 4) is 0 Å².